The van der Waals surface area contributed by atoms with Crippen LogP contribution in [-0.4, -0.2) is 33.8 Å². The fraction of sp³-hybridized carbons (Fsp3) is 0.400. The molecule has 0 aromatic heterocycles. The van der Waals surface area contributed by atoms with Gasteiger partial charge in [-0.1, -0.05) is 0 Å². The van der Waals surface area contributed by atoms with Crippen LogP contribution in [0.5, 0.6) is 0 Å². The first kappa shape index (κ1) is 26.3. The van der Waals surface area contributed by atoms with Crippen molar-refractivity contribution in [2.75, 3.05) is 13.2 Å². The maximum absolute atomic E-state index is 13.0. The smallest absolute Gasteiger partial charge is 0.409 e. The van der Waals surface area contributed by atoms with E-state index in [1.807, 2.05) is 13.8 Å². The van der Waals surface area contributed by atoms with E-state index in [1.54, 1.807) is 6.82 Å². The zero-order valence-electron chi connectivity index (χ0n) is 18.6. The van der Waals surface area contributed by atoms with Crippen molar-refractivity contribution in [2.24, 2.45) is 0 Å². The molecule has 1 aliphatic rings. The first-order chi connectivity index (χ1) is 15.8. The molecule has 0 spiro atoms. The van der Waals surface area contributed by atoms with Crippen LogP contribution in [0.3, 0.4) is 0 Å². The number of benzene rings is 2. The van der Waals surface area contributed by atoms with E-state index in [1.165, 1.54) is 36.4 Å². The van der Waals surface area contributed by atoms with E-state index in [0.29, 0.717) is 30.0 Å². The van der Waals surface area contributed by atoms with Crippen LogP contribution < -0.4 is 0 Å². The third-order valence-corrected chi connectivity index (χ3v) is 4.20. The van der Waals surface area contributed by atoms with Crippen molar-refractivity contribution < 1.29 is 32.1 Å². The Kier molecular flexibility index (Phi) is 10.8. The van der Waals surface area contributed by atoms with Crippen molar-refractivity contribution in [2.45, 2.75) is 40.0 Å². The molecule has 1 fully saturated rings. The highest BCUT2D eigenvalue weighted by atomic mass is 19.1. The number of diazo groups is 2. The molecule has 172 valence electrons. The van der Waals surface area contributed by atoms with Gasteiger partial charge in [0.2, 0.25) is 10.8 Å². The highest BCUT2D eigenvalue weighted by molar-refractivity contribution is 6.42. The van der Waals surface area contributed by atoms with E-state index in [9.17, 15) is 8.78 Å². The average Bonchev–Trinajstić information content (AvgIpc) is 3.30. The van der Waals surface area contributed by atoms with Crippen LogP contribution in [0.2, 0.25) is 6.82 Å². The maximum atomic E-state index is 13.0. The van der Waals surface area contributed by atoms with Gasteiger partial charge in [0.1, 0.15) is 11.6 Å². The minimum Gasteiger partial charge on any atom is -0.409 e. The molecule has 0 saturated carbocycles. The molecule has 2 aromatic rings. The number of nitrogens with zero attached hydrogens (tertiary/aromatic N) is 4. The predicted octanol–water partition coefficient (Wildman–Crippen LogP) is 5.23. The monoisotopic (exact) mass is 460 g/mol. The summed E-state index contributed by atoms with van der Waals surface area (Å²) in [5, 5.41) is 17.4. The Morgan fingerprint density at radius 1 is 0.970 bits per heavy atom. The molecule has 33 heavy (non-hydrogen) atoms. The Labute approximate surface area is 191 Å². The molecule has 0 bridgehead atoms. The van der Waals surface area contributed by atoms with E-state index >= 15 is 0 Å². The van der Waals surface area contributed by atoms with Gasteiger partial charge in [0.15, 0.2) is 9.95 Å². The van der Waals surface area contributed by atoms with Crippen molar-refractivity contribution in [3.63, 3.8) is 0 Å². The van der Waals surface area contributed by atoms with Gasteiger partial charge in [-0.3, -0.25) is 0 Å². The first-order valence-electron chi connectivity index (χ1n) is 10.2. The highest BCUT2D eigenvalue weighted by Gasteiger charge is 2.28. The predicted molar refractivity (Wildman–Crippen MR) is 117 cm³/mol. The number of hydrogen-bond acceptors (Lipinski definition) is 7. The summed E-state index contributed by atoms with van der Waals surface area (Å²) in [6.07, 6.45) is 0.0551. The van der Waals surface area contributed by atoms with E-state index in [2.05, 4.69) is 9.95 Å². The lowest BCUT2D eigenvalue weighted by molar-refractivity contribution is 0.157. The third-order valence-electron chi connectivity index (χ3n) is 4.20. The van der Waals surface area contributed by atoms with Gasteiger partial charge in [0, 0.05) is 18.2 Å². The Morgan fingerprint density at radius 2 is 1.48 bits per heavy atom. The van der Waals surface area contributed by atoms with Crippen molar-refractivity contribution in [3.05, 3.63) is 69.1 Å². The van der Waals surface area contributed by atoms with Gasteiger partial charge < -0.3 is 23.3 Å². The molecule has 1 saturated heterocycles. The number of halogens is 2. The summed E-state index contributed by atoms with van der Waals surface area (Å²) in [5.74, 6) is -0.812. The summed E-state index contributed by atoms with van der Waals surface area (Å²) in [6, 6.07) is 7.71. The average molecular weight is 460 g/mol. The van der Waals surface area contributed by atoms with Gasteiger partial charge in [-0.25, -0.2) is 8.78 Å². The fourth-order valence-electron chi connectivity index (χ4n) is 2.76. The molecular formula is C20H24B2F2N4O5+2. The molecule has 3 rings (SSSR count). The van der Waals surface area contributed by atoms with E-state index in [4.69, 9.17) is 34.1 Å². The summed E-state index contributed by atoms with van der Waals surface area (Å²) < 4.78 is 52.0. The zero-order chi connectivity index (χ0) is 24.2. The lowest BCUT2D eigenvalue weighted by Crippen LogP contribution is -2.22. The third kappa shape index (κ3) is 9.22. The van der Waals surface area contributed by atoms with Crippen LogP contribution in [-0.2, 0) is 36.5 Å². The van der Waals surface area contributed by atoms with E-state index < -0.39 is 26.1 Å². The highest BCUT2D eigenvalue weighted by Crippen LogP contribution is 2.22. The molecular weight excluding hydrogens is 436 g/mol. The second-order valence-corrected chi connectivity index (χ2v) is 7.15. The molecule has 1 heterocycles. The normalized spacial score (nSPS) is 12.7. The number of hydrogen-bond donors (Lipinski definition) is 0. The van der Waals surface area contributed by atoms with E-state index in [-0.39, 0.29) is 25.0 Å². The molecule has 0 N–H and O–H groups in total. The summed E-state index contributed by atoms with van der Waals surface area (Å²) in [4.78, 5) is 6.09. The molecule has 9 nitrogen and oxygen atoms in total. The fourth-order valence-corrected chi connectivity index (χ4v) is 2.76. The van der Waals surface area contributed by atoms with Gasteiger partial charge in [-0.05, 0) is 44.9 Å². The van der Waals surface area contributed by atoms with Crippen LogP contribution in [0.1, 0.15) is 25.0 Å². The summed E-state index contributed by atoms with van der Waals surface area (Å²) in [5.41, 5.74) is 1.47. The molecule has 0 aliphatic carbocycles. The molecule has 0 unspecified atom stereocenters. The van der Waals surface area contributed by atoms with Crippen molar-refractivity contribution in [3.8, 4) is 0 Å². The van der Waals surface area contributed by atoms with Crippen molar-refractivity contribution in [1.29, 1.82) is 10.8 Å². The second-order valence-electron chi connectivity index (χ2n) is 7.15. The van der Waals surface area contributed by atoms with Crippen LogP contribution in [0.15, 0.2) is 36.4 Å². The standard InChI is InChI=1S/C11H15BFN2O2.C9H9BFN2O3/c1-8(2)17-12(3)16-7-9-6-10(13)4-5-11(9)15-14;11-8-1-2-9(13-12)7(5-8)6-16-10-14-3-4-15-10/h4-6,8H,7H2,1-3H3;1-2,5H,3-4,6H2/q2*+1. The summed E-state index contributed by atoms with van der Waals surface area (Å²) >= 11 is 0. The minimum atomic E-state index is -0.727. The Hall–Kier alpha value is -2.93. The van der Waals surface area contributed by atoms with Crippen LogP contribution in [0.25, 0.3) is 9.95 Å². The van der Waals surface area contributed by atoms with Crippen LogP contribution >= 0.6 is 0 Å². The molecule has 0 atom stereocenters. The SMILES string of the molecule is CB(OCc1cc(F)ccc1[N+]#N)OC(C)C.N#[N+]c1ccc(F)cc1COB1OCCO1. The Morgan fingerprint density at radius 3 is 1.97 bits per heavy atom. The Bertz CT molecular complexity index is 997. The van der Waals surface area contributed by atoms with E-state index in [0.717, 1.165) is 0 Å². The quantitative estimate of drug-likeness (QED) is 0.393. The molecule has 13 heteroatoms. The molecule has 0 radical (unpaired) electrons. The second kappa shape index (κ2) is 13.6. The molecule has 1 aliphatic heterocycles. The lowest BCUT2D eigenvalue weighted by Gasteiger charge is -2.12. The maximum Gasteiger partial charge on any atom is 0.639 e. The molecule has 2 aromatic carbocycles. The number of rotatable bonds is 8. The zero-order valence-corrected chi connectivity index (χ0v) is 18.6. The first-order valence-corrected chi connectivity index (χ1v) is 10.2. The van der Waals surface area contributed by atoms with Gasteiger partial charge in [-0.2, -0.15) is 0 Å². The lowest BCUT2D eigenvalue weighted by atomic mass is 9.94. The van der Waals surface area contributed by atoms with Crippen molar-refractivity contribution >= 4 is 25.8 Å². The van der Waals surface area contributed by atoms with Crippen LogP contribution in [0.4, 0.5) is 20.2 Å². The van der Waals surface area contributed by atoms with Gasteiger partial charge >= 0.3 is 25.8 Å². The summed E-state index contributed by atoms with van der Waals surface area (Å²) in [7, 11) is -1.13. The van der Waals surface area contributed by atoms with Crippen molar-refractivity contribution in [1.82, 2.24) is 0 Å². The largest absolute Gasteiger partial charge is 0.639 e. The topological polar surface area (TPSA) is 102 Å². The summed E-state index contributed by atoms with van der Waals surface area (Å²) in [6.45, 7) is 6.70. The minimum absolute atomic E-state index is 0.0551. The molecule has 0 amide bonds. The van der Waals surface area contributed by atoms with Gasteiger partial charge in [0.25, 0.3) is 0 Å². The van der Waals surface area contributed by atoms with Gasteiger partial charge in [-0.15, -0.1) is 0 Å². The van der Waals surface area contributed by atoms with Gasteiger partial charge in [0.05, 0.1) is 37.6 Å². The van der Waals surface area contributed by atoms with Crippen LogP contribution in [0, 0.1) is 22.4 Å². The Balaban J connectivity index is 0.000000234.